The molecule has 1 amide bonds. The number of ether oxygens (including phenoxy) is 1. The number of nitrogens with one attached hydrogen (secondary N) is 1. The van der Waals surface area contributed by atoms with Crippen LogP contribution in [0.4, 0.5) is 5.82 Å². The van der Waals surface area contributed by atoms with Gasteiger partial charge in [0, 0.05) is 19.4 Å². The fourth-order valence-electron chi connectivity index (χ4n) is 2.45. The van der Waals surface area contributed by atoms with Crippen LogP contribution < -0.4 is 5.32 Å². The summed E-state index contributed by atoms with van der Waals surface area (Å²) in [4.78, 5) is 12.7. The molecular weight excluding hydrogens is 302 g/mol. The molecule has 0 radical (unpaired) electrons. The first-order valence-corrected chi connectivity index (χ1v) is 7.67. The van der Waals surface area contributed by atoms with Crippen molar-refractivity contribution in [2.75, 3.05) is 12.4 Å². The third-order valence-corrected chi connectivity index (χ3v) is 4.02. The van der Waals surface area contributed by atoms with Crippen LogP contribution in [0.1, 0.15) is 12.5 Å². The van der Waals surface area contributed by atoms with Crippen LogP contribution in [0.3, 0.4) is 0 Å². The molecule has 1 heterocycles. The summed E-state index contributed by atoms with van der Waals surface area (Å²) in [6.07, 6.45) is 1.80. The Balaban J connectivity index is 1.81. The molecule has 0 saturated carbocycles. The molecule has 0 bridgehead atoms. The van der Waals surface area contributed by atoms with Crippen LogP contribution in [0.2, 0.25) is 0 Å². The Morgan fingerprint density at radius 1 is 1.04 bits per heavy atom. The summed E-state index contributed by atoms with van der Waals surface area (Å²) in [5.74, 6) is 0.206. The second kappa shape index (κ2) is 6.68. The summed E-state index contributed by atoms with van der Waals surface area (Å²) in [7, 11) is 1.52. The normalized spacial score (nSPS) is 13.2. The molecule has 1 N–H and O–H groups in total. The SMILES string of the molecule is CO[C@](C)(C(=O)Nc1ccn(-c2ccccc2)n1)c1ccccc1. The lowest BCUT2D eigenvalue weighted by Crippen LogP contribution is -2.39. The highest BCUT2D eigenvalue weighted by Crippen LogP contribution is 2.26. The molecule has 24 heavy (non-hydrogen) atoms. The van der Waals surface area contributed by atoms with Gasteiger partial charge in [-0.05, 0) is 24.6 Å². The van der Waals surface area contributed by atoms with E-state index in [9.17, 15) is 4.79 Å². The van der Waals surface area contributed by atoms with Crippen molar-refractivity contribution < 1.29 is 9.53 Å². The largest absolute Gasteiger partial charge is 0.364 e. The Kier molecular flexibility index (Phi) is 4.44. The van der Waals surface area contributed by atoms with Crippen LogP contribution >= 0.6 is 0 Å². The van der Waals surface area contributed by atoms with Gasteiger partial charge >= 0.3 is 0 Å². The van der Waals surface area contributed by atoms with Crippen LogP contribution in [-0.2, 0) is 15.1 Å². The number of para-hydroxylation sites is 1. The Morgan fingerprint density at radius 3 is 2.29 bits per heavy atom. The maximum absolute atomic E-state index is 12.7. The quantitative estimate of drug-likeness (QED) is 0.784. The molecule has 2 aromatic carbocycles. The fraction of sp³-hybridized carbons (Fsp3) is 0.158. The highest BCUT2D eigenvalue weighted by atomic mass is 16.5. The lowest BCUT2D eigenvalue weighted by molar-refractivity contribution is -0.136. The highest BCUT2D eigenvalue weighted by molar-refractivity contribution is 5.97. The van der Waals surface area contributed by atoms with Crippen molar-refractivity contribution in [1.82, 2.24) is 9.78 Å². The molecule has 0 saturated heterocycles. The topological polar surface area (TPSA) is 56.1 Å². The van der Waals surface area contributed by atoms with Gasteiger partial charge in [0.2, 0.25) is 0 Å². The van der Waals surface area contributed by atoms with Crippen LogP contribution in [0.15, 0.2) is 72.9 Å². The molecule has 5 heteroatoms. The number of anilines is 1. The van der Waals surface area contributed by atoms with Gasteiger partial charge in [-0.2, -0.15) is 5.10 Å². The zero-order valence-electron chi connectivity index (χ0n) is 13.6. The number of rotatable bonds is 5. The molecule has 3 aromatic rings. The summed E-state index contributed by atoms with van der Waals surface area (Å²) < 4.78 is 7.21. The van der Waals surface area contributed by atoms with Crippen LogP contribution in [-0.4, -0.2) is 22.8 Å². The number of benzene rings is 2. The lowest BCUT2D eigenvalue weighted by Gasteiger charge is -2.26. The molecule has 3 rings (SSSR count). The van der Waals surface area contributed by atoms with Crippen LogP contribution in [0, 0.1) is 0 Å². The predicted molar refractivity (Wildman–Crippen MR) is 93.0 cm³/mol. The zero-order valence-corrected chi connectivity index (χ0v) is 13.6. The molecule has 0 fully saturated rings. The Morgan fingerprint density at radius 2 is 1.67 bits per heavy atom. The van der Waals surface area contributed by atoms with Crippen molar-refractivity contribution in [3.05, 3.63) is 78.5 Å². The van der Waals surface area contributed by atoms with Gasteiger partial charge in [0.1, 0.15) is 0 Å². The number of amides is 1. The molecular formula is C19H19N3O2. The number of methoxy groups -OCH3 is 1. The number of hydrogen-bond donors (Lipinski definition) is 1. The predicted octanol–water partition coefficient (Wildman–Crippen LogP) is 3.37. The molecule has 1 atom stereocenters. The lowest BCUT2D eigenvalue weighted by atomic mass is 9.95. The van der Waals surface area contributed by atoms with Gasteiger partial charge in [-0.15, -0.1) is 0 Å². The average molecular weight is 321 g/mol. The number of carbonyl (C=O) groups excluding carboxylic acids is 1. The van der Waals surface area contributed by atoms with Crippen molar-refractivity contribution in [3.63, 3.8) is 0 Å². The molecule has 0 aliphatic carbocycles. The van der Waals surface area contributed by atoms with Crippen molar-refractivity contribution >= 4 is 11.7 Å². The Bertz CT molecular complexity index is 815. The van der Waals surface area contributed by atoms with E-state index in [1.165, 1.54) is 7.11 Å². The van der Waals surface area contributed by atoms with Crippen LogP contribution in [0.5, 0.6) is 0 Å². The number of aromatic nitrogens is 2. The number of nitrogens with zero attached hydrogens (tertiary/aromatic N) is 2. The van der Waals surface area contributed by atoms with Crippen molar-refractivity contribution in [2.45, 2.75) is 12.5 Å². The average Bonchev–Trinajstić information content (AvgIpc) is 3.11. The van der Waals surface area contributed by atoms with E-state index in [-0.39, 0.29) is 5.91 Å². The van der Waals surface area contributed by atoms with Gasteiger partial charge in [0.05, 0.1) is 5.69 Å². The second-order valence-electron chi connectivity index (χ2n) is 5.54. The zero-order chi connectivity index (χ0) is 17.0. The third kappa shape index (κ3) is 3.07. The number of carbonyl (C=O) groups is 1. The second-order valence-corrected chi connectivity index (χ2v) is 5.54. The Labute approximate surface area is 140 Å². The van der Waals surface area contributed by atoms with Crippen LogP contribution in [0.25, 0.3) is 5.69 Å². The van der Waals surface area contributed by atoms with E-state index >= 15 is 0 Å². The monoisotopic (exact) mass is 321 g/mol. The highest BCUT2D eigenvalue weighted by Gasteiger charge is 2.35. The first-order chi connectivity index (χ1) is 11.6. The first-order valence-electron chi connectivity index (χ1n) is 7.67. The molecule has 1 aromatic heterocycles. The van der Waals surface area contributed by atoms with Gasteiger partial charge in [-0.1, -0.05) is 48.5 Å². The van der Waals surface area contributed by atoms with E-state index < -0.39 is 5.60 Å². The minimum atomic E-state index is -1.09. The molecule has 5 nitrogen and oxygen atoms in total. The van der Waals surface area contributed by atoms with Crippen molar-refractivity contribution in [1.29, 1.82) is 0 Å². The molecule has 122 valence electrons. The first kappa shape index (κ1) is 16.0. The van der Waals surface area contributed by atoms with E-state index in [0.717, 1.165) is 11.3 Å². The van der Waals surface area contributed by atoms with Gasteiger partial charge < -0.3 is 10.1 Å². The minimum Gasteiger partial charge on any atom is -0.364 e. The van der Waals surface area contributed by atoms with Crippen molar-refractivity contribution in [2.24, 2.45) is 0 Å². The van der Waals surface area contributed by atoms with E-state index in [4.69, 9.17) is 4.74 Å². The fourth-order valence-corrected chi connectivity index (χ4v) is 2.45. The van der Waals surface area contributed by atoms with Crippen molar-refractivity contribution in [3.8, 4) is 5.69 Å². The molecule has 0 spiro atoms. The molecule has 0 aliphatic rings. The molecule has 0 aliphatic heterocycles. The van der Waals surface area contributed by atoms with E-state index in [2.05, 4.69) is 10.4 Å². The van der Waals surface area contributed by atoms with Gasteiger partial charge in [0.15, 0.2) is 11.4 Å². The Hall–Kier alpha value is -2.92. The van der Waals surface area contributed by atoms with Gasteiger partial charge in [0.25, 0.3) is 5.91 Å². The molecule has 0 unspecified atom stereocenters. The number of hydrogen-bond acceptors (Lipinski definition) is 3. The maximum Gasteiger partial charge on any atom is 0.262 e. The van der Waals surface area contributed by atoms with E-state index in [1.807, 2.05) is 60.7 Å². The summed E-state index contributed by atoms with van der Waals surface area (Å²) in [5.41, 5.74) is 0.626. The summed E-state index contributed by atoms with van der Waals surface area (Å²) >= 11 is 0. The minimum absolute atomic E-state index is 0.269. The summed E-state index contributed by atoms with van der Waals surface area (Å²) in [5, 5.41) is 7.22. The van der Waals surface area contributed by atoms with E-state index in [1.54, 1.807) is 23.9 Å². The summed E-state index contributed by atoms with van der Waals surface area (Å²) in [6, 6.07) is 20.9. The standard InChI is InChI=1S/C19H19N3O2/c1-19(24-2,15-9-5-3-6-10-15)18(23)20-17-13-14-22(21-17)16-11-7-4-8-12-16/h3-14H,1-2H3,(H,20,21,23)/t19-/m0/s1. The van der Waals surface area contributed by atoms with E-state index in [0.29, 0.717) is 5.82 Å². The maximum atomic E-state index is 12.7. The summed E-state index contributed by atoms with van der Waals surface area (Å²) in [6.45, 7) is 1.74. The van der Waals surface area contributed by atoms with Gasteiger partial charge in [-0.25, -0.2) is 4.68 Å². The third-order valence-electron chi connectivity index (χ3n) is 4.02. The smallest absolute Gasteiger partial charge is 0.262 e. The van der Waals surface area contributed by atoms with Gasteiger partial charge in [-0.3, -0.25) is 4.79 Å².